The summed E-state index contributed by atoms with van der Waals surface area (Å²) in [6.07, 6.45) is 6.46. The first-order valence-corrected chi connectivity index (χ1v) is 10.3. The van der Waals surface area contributed by atoms with Crippen LogP contribution in [-0.2, 0) is 0 Å². The molecular weight excluding hydrogens is 411 g/mol. The molecule has 30 heavy (non-hydrogen) atoms. The lowest BCUT2D eigenvalue weighted by molar-refractivity contribution is 0.104. The first-order chi connectivity index (χ1) is 14.4. The van der Waals surface area contributed by atoms with E-state index in [4.69, 9.17) is 4.42 Å². The number of anilines is 1. The summed E-state index contributed by atoms with van der Waals surface area (Å²) in [4.78, 5) is 27.8. The fourth-order valence-electron chi connectivity index (χ4n) is 3.02. The number of benzene rings is 1. The molecule has 1 aliphatic heterocycles. The summed E-state index contributed by atoms with van der Waals surface area (Å²) >= 11 is 1.58. The Balaban J connectivity index is 1.85. The van der Waals surface area contributed by atoms with Gasteiger partial charge >= 0.3 is 13.1 Å². The molecule has 0 fully saturated rings. The van der Waals surface area contributed by atoms with Crippen LogP contribution in [0.3, 0.4) is 0 Å². The zero-order valence-corrected chi connectivity index (χ0v) is 17.4. The third kappa shape index (κ3) is 5.02. The fraction of sp³-hybridized carbons (Fsp3) is 0.238. The maximum Gasteiger partial charge on any atom is 0.796 e. The lowest BCUT2D eigenvalue weighted by Gasteiger charge is -2.19. The summed E-state index contributed by atoms with van der Waals surface area (Å²) in [5.41, 5.74) is -0.463. The number of hydrogen-bond acceptors (Lipinski definition) is 6. The smallest absolute Gasteiger partial charge is 0.504 e. The van der Waals surface area contributed by atoms with Gasteiger partial charge in [-0.3, -0.25) is 4.79 Å². The van der Waals surface area contributed by atoms with E-state index < -0.39 is 30.2 Å². The average Bonchev–Trinajstić information content (AvgIpc) is 3.02. The molecule has 0 unspecified atom stereocenters. The van der Waals surface area contributed by atoms with Crippen LogP contribution in [0.25, 0.3) is 0 Å². The monoisotopic (exact) mass is 431 g/mol. The number of thioether (sulfide) groups is 1. The normalized spacial score (nSPS) is 14.4. The minimum Gasteiger partial charge on any atom is -0.504 e. The van der Waals surface area contributed by atoms with Gasteiger partial charge in [0.15, 0.2) is 5.78 Å². The molecular formula is C21H20BF2NO4S. The second-order valence-electron chi connectivity index (χ2n) is 6.57. The number of allylic oxidation sites excluding steroid dienone is 3. The van der Waals surface area contributed by atoms with E-state index in [9.17, 15) is 18.2 Å². The number of carbonyl (C=O) groups is 1. The highest BCUT2D eigenvalue weighted by Crippen LogP contribution is 2.45. The highest BCUT2D eigenvalue weighted by Gasteiger charge is 2.26. The van der Waals surface area contributed by atoms with Gasteiger partial charge in [-0.15, -0.1) is 0 Å². The highest BCUT2D eigenvalue weighted by molar-refractivity contribution is 8.03. The molecule has 0 radical (unpaired) electrons. The van der Waals surface area contributed by atoms with Gasteiger partial charge in [-0.1, -0.05) is 43.3 Å². The van der Waals surface area contributed by atoms with Gasteiger partial charge in [-0.2, -0.15) is 0 Å². The SMILES string of the molecule is CCCCN1/C(=C/C=C/C(=O)c2c(OB(F)F)cc(C)oc2=O)Sc2ccccc21. The first kappa shape index (κ1) is 21.9. The second kappa shape index (κ2) is 9.80. The Labute approximate surface area is 177 Å². The van der Waals surface area contributed by atoms with E-state index in [1.807, 2.05) is 24.3 Å². The summed E-state index contributed by atoms with van der Waals surface area (Å²) in [6, 6.07) is 9.11. The number of unbranched alkanes of at least 4 members (excludes halogenated alkanes) is 1. The van der Waals surface area contributed by atoms with E-state index in [0.717, 1.165) is 47.1 Å². The third-order valence-corrected chi connectivity index (χ3v) is 5.49. The van der Waals surface area contributed by atoms with Gasteiger partial charge in [0.05, 0.1) is 10.7 Å². The summed E-state index contributed by atoms with van der Waals surface area (Å²) in [7, 11) is -3.16. The molecule has 0 aliphatic carbocycles. The molecule has 2 heterocycles. The average molecular weight is 431 g/mol. The molecule has 0 atom stereocenters. The number of halogens is 2. The molecule has 0 spiro atoms. The Kier molecular flexibility index (Phi) is 7.15. The van der Waals surface area contributed by atoms with Crippen molar-refractivity contribution < 1.29 is 22.5 Å². The van der Waals surface area contributed by atoms with Gasteiger partial charge in [0.25, 0.3) is 0 Å². The van der Waals surface area contributed by atoms with Crippen LogP contribution in [0.4, 0.5) is 14.3 Å². The molecule has 0 saturated heterocycles. The van der Waals surface area contributed by atoms with E-state index in [1.54, 1.807) is 17.8 Å². The van der Waals surface area contributed by atoms with Crippen LogP contribution in [0.15, 0.2) is 67.7 Å². The molecule has 0 amide bonds. The molecule has 1 aromatic heterocycles. The minimum absolute atomic E-state index is 0.0741. The number of para-hydroxylation sites is 1. The molecule has 1 aromatic carbocycles. The summed E-state index contributed by atoms with van der Waals surface area (Å²) < 4.78 is 34.5. The van der Waals surface area contributed by atoms with E-state index in [0.29, 0.717) is 0 Å². The molecule has 1 aliphatic rings. The highest BCUT2D eigenvalue weighted by atomic mass is 32.2. The minimum atomic E-state index is -3.16. The fourth-order valence-corrected chi connectivity index (χ4v) is 4.12. The van der Waals surface area contributed by atoms with Crippen molar-refractivity contribution in [1.82, 2.24) is 0 Å². The van der Waals surface area contributed by atoms with Crippen LogP contribution in [-0.4, -0.2) is 19.8 Å². The number of aryl methyl sites for hydroxylation is 1. The van der Waals surface area contributed by atoms with Crippen molar-refractivity contribution in [3.05, 3.63) is 75.3 Å². The zero-order chi connectivity index (χ0) is 21.7. The Morgan fingerprint density at radius 1 is 1.33 bits per heavy atom. The lowest BCUT2D eigenvalue weighted by atomic mass is 10.1. The lowest BCUT2D eigenvalue weighted by Crippen LogP contribution is -2.19. The van der Waals surface area contributed by atoms with Crippen LogP contribution in [0.2, 0.25) is 0 Å². The topological polar surface area (TPSA) is 59.8 Å². The third-order valence-electron chi connectivity index (χ3n) is 4.36. The van der Waals surface area contributed by atoms with Crippen LogP contribution < -0.4 is 15.2 Å². The Morgan fingerprint density at radius 2 is 2.10 bits per heavy atom. The standard InChI is InChI=1S/C21H20BF2NO4S/c1-3-4-12-25-15-8-5-6-10-18(15)30-19(25)11-7-9-16(26)20-17(29-22(23)24)13-14(2)28-21(20)27/h5-11,13H,3-4,12H2,1-2H3/b9-7+,19-11-. The van der Waals surface area contributed by atoms with Crippen molar-refractivity contribution >= 4 is 30.7 Å². The van der Waals surface area contributed by atoms with Gasteiger partial charge in [-0.05, 0) is 37.6 Å². The van der Waals surface area contributed by atoms with Crippen molar-refractivity contribution in [1.29, 1.82) is 0 Å². The first-order valence-electron chi connectivity index (χ1n) is 9.47. The Bertz CT molecular complexity index is 1050. The van der Waals surface area contributed by atoms with Crippen molar-refractivity contribution in [2.24, 2.45) is 0 Å². The van der Waals surface area contributed by atoms with Crippen molar-refractivity contribution in [2.45, 2.75) is 31.6 Å². The van der Waals surface area contributed by atoms with Crippen molar-refractivity contribution in [3.8, 4) is 5.75 Å². The van der Waals surface area contributed by atoms with Crippen LogP contribution in [0.5, 0.6) is 5.75 Å². The molecule has 0 N–H and O–H groups in total. The molecule has 156 valence electrons. The van der Waals surface area contributed by atoms with Crippen LogP contribution >= 0.6 is 11.8 Å². The summed E-state index contributed by atoms with van der Waals surface area (Å²) in [5, 5.41) is 0.939. The maximum atomic E-state index is 12.7. The molecule has 0 saturated carbocycles. The van der Waals surface area contributed by atoms with Gasteiger partial charge < -0.3 is 14.0 Å². The summed E-state index contributed by atoms with van der Waals surface area (Å²) in [6.45, 7) is 4.36. The molecule has 3 rings (SSSR count). The van der Waals surface area contributed by atoms with Gasteiger partial charge in [0.1, 0.15) is 17.1 Å². The predicted molar refractivity (Wildman–Crippen MR) is 114 cm³/mol. The zero-order valence-electron chi connectivity index (χ0n) is 16.6. The predicted octanol–water partition coefficient (Wildman–Crippen LogP) is 5.24. The van der Waals surface area contributed by atoms with Crippen molar-refractivity contribution in [3.63, 3.8) is 0 Å². The quantitative estimate of drug-likeness (QED) is 0.324. The number of ketones is 1. The van der Waals surface area contributed by atoms with Gasteiger partial charge in [-0.25, -0.2) is 13.4 Å². The van der Waals surface area contributed by atoms with Gasteiger partial charge in [0.2, 0.25) is 0 Å². The Morgan fingerprint density at radius 3 is 2.83 bits per heavy atom. The van der Waals surface area contributed by atoms with E-state index in [2.05, 4.69) is 16.5 Å². The number of hydrogen-bond donors (Lipinski definition) is 0. The molecule has 9 heteroatoms. The van der Waals surface area contributed by atoms with E-state index in [-0.39, 0.29) is 5.76 Å². The maximum absolute atomic E-state index is 12.7. The Hall–Kier alpha value is -2.81. The second-order valence-corrected chi connectivity index (χ2v) is 7.63. The molecule has 5 nitrogen and oxygen atoms in total. The van der Waals surface area contributed by atoms with Crippen molar-refractivity contribution in [2.75, 3.05) is 11.4 Å². The van der Waals surface area contributed by atoms with Gasteiger partial charge in [0, 0.05) is 17.5 Å². The van der Waals surface area contributed by atoms with E-state index >= 15 is 0 Å². The number of nitrogens with zero attached hydrogens (tertiary/aromatic N) is 1. The van der Waals surface area contributed by atoms with E-state index in [1.165, 1.54) is 13.0 Å². The number of carbonyl (C=O) groups excluding carboxylic acids is 1. The summed E-state index contributed by atoms with van der Waals surface area (Å²) in [5.74, 6) is -1.19. The van der Waals surface area contributed by atoms with Crippen LogP contribution in [0, 0.1) is 6.92 Å². The van der Waals surface area contributed by atoms with Crippen LogP contribution in [0.1, 0.15) is 35.9 Å². The molecule has 2 aromatic rings. The molecule has 0 bridgehead atoms. The largest absolute Gasteiger partial charge is 0.796 e. The number of fused-ring (bicyclic) bond motifs is 1. The number of rotatable bonds is 8.